The first kappa shape index (κ1) is 23.8. The van der Waals surface area contributed by atoms with Crippen LogP contribution in [0.15, 0.2) is 83.8 Å². The van der Waals surface area contributed by atoms with Gasteiger partial charge in [-0.05, 0) is 43.2 Å². The minimum absolute atomic E-state index is 0.0479. The first-order valence-electron chi connectivity index (χ1n) is 10.2. The van der Waals surface area contributed by atoms with E-state index in [1.807, 2.05) is 60.7 Å². The number of hydrogen-bond donors (Lipinski definition) is 2. The van der Waals surface area contributed by atoms with E-state index in [0.717, 1.165) is 11.1 Å². The highest BCUT2D eigenvalue weighted by molar-refractivity contribution is 7.89. The zero-order valence-corrected chi connectivity index (χ0v) is 19.4. The van der Waals surface area contributed by atoms with Gasteiger partial charge in [0.05, 0.1) is 28.6 Å². The van der Waals surface area contributed by atoms with Gasteiger partial charge in [0.15, 0.2) is 0 Å². The topological polar surface area (TPSA) is 84.5 Å². The normalized spacial score (nSPS) is 12.4. The molecular weight excluding hydrogens is 448 g/mol. The molecule has 0 radical (unpaired) electrons. The predicted octanol–water partition coefficient (Wildman–Crippen LogP) is 4.31. The van der Waals surface area contributed by atoms with Crippen LogP contribution in [0.25, 0.3) is 0 Å². The van der Waals surface area contributed by atoms with Crippen molar-refractivity contribution >= 4 is 27.5 Å². The van der Waals surface area contributed by atoms with Crippen LogP contribution in [0.3, 0.4) is 0 Å². The summed E-state index contributed by atoms with van der Waals surface area (Å²) in [6, 6.07) is 21.7. The molecule has 3 aromatic carbocycles. The highest BCUT2D eigenvalue weighted by atomic mass is 35.5. The fourth-order valence-electron chi connectivity index (χ4n) is 3.19. The number of nitrogens with one attached hydrogen (secondary N) is 2. The van der Waals surface area contributed by atoms with E-state index in [9.17, 15) is 13.2 Å². The highest BCUT2D eigenvalue weighted by Crippen LogP contribution is 2.27. The molecule has 32 heavy (non-hydrogen) atoms. The van der Waals surface area contributed by atoms with E-state index in [0.29, 0.717) is 12.4 Å². The van der Waals surface area contributed by atoms with Gasteiger partial charge >= 0.3 is 0 Å². The van der Waals surface area contributed by atoms with E-state index >= 15 is 0 Å². The Balaban J connectivity index is 1.77. The molecule has 168 valence electrons. The monoisotopic (exact) mass is 472 g/mol. The third-order valence-corrected chi connectivity index (χ3v) is 6.62. The minimum Gasteiger partial charge on any atom is -0.492 e. The Morgan fingerprint density at radius 3 is 2.03 bits per heavy atom. The van der Waals surface area contributed by atoms with Crippen LogP contribution in [0.5, 0.6) is 5.75 Å². The summed E-state index contributed by atoms with van der Waals surface area (Å²) < 4.78 is 33.4. The second-order valence-corrected chi connectivity index (χ2v) is 9.25. The Labute approximate surface area is 193 Å². The maximum absolute atomic E-state index is 12.9. The zero-order chi connectivity index (χ0) is 23.1. The van der Waals surface area contributed by atoms with Crippen LogP contribution in [0.2, 0.25) is 5.02 Å². The van der Waals surface area contributed by atoms with Gasteiger partial charge in [-0.25, -0.2) is 8.42 Å². The predicted molar refractivity (Wildman–Crippen MR) is 125 cm³/mol. The van der Waals surface area contributed by atoms with Gasteiger partial charge in [-0.15, -0.1) is 0 Å². The SMILES string of the molecule is CCOc1ccc(S(=O)(=O)N[C@@H](C)C(=O)NC(c2ccccc2)c2ccccc2)cc1Cl. The highest BCUT2D eigenvalue weighted by Gasteiger charge is 2.25. The molecule has 0 aromatic heterocycles. The zero-order valence-electron chi connectivity index (χ0n) is 17.8. The maximum Gasteiger partial charge on any atom is 0.241 e. The summed E-state index contributed by atoms with van der Waals surface area (Å²) in [6.07, 6.45) is 0. The summed E-state index contributed by atoms with van der Waals surface area (Å²) in [4.78, 5) is 12.9. The number of ether oxygens (including phenoxy) is 1. The molecule has 0 bridgehead atoms. The van der Waals surface area contributed by atoms with Gasteiger partial charge < -0.3 is 10.1 Å². The van der Waals surface area contributed by atoms with Crippen LogP contribution in [-0.2, 0) is 14.8 Å². The quantitative estimate of drug-likeness (QED) is 0.486. The molecule has 0 unspecified atom stereocenters. The Kier molecular flexibility index (Phi) is 7.90. The summed E-state index contributed by atoms with van der Waals surface area (Å²) in [5.41, 5.74) is 1.78. The molecule has 0 heterocycles. The van der Waals surface area contributed by atoms with Crippen molar-refractivity contribution in [1.82, 2.24) is 10.0 Å². The lowest BCUT2D eigenvalue weighted by molar-refractivity contribution is -0.122. The summed E-state index contributed by atoms with van der Waals surface area (Å²) in [7, 11) is -3.97. The van der Waals surface area contributed by atoms with Crippen molar-refractivity contribution in [2.45, 2.75) is 30.8 Å². The number of benzene rings is 3. The summed E-state index contributed by atoms with van der Waals surface area (Å²) >= 11 is 6.12. The van der Waals surface area contributed by atoms with Gasteiger partial charge in [-0.3, -0.25) is 4.79 Å². The molecule has 1 atom stereocenters. The maximum atomic E-state index is 12.9. The molecular formula is C24H25ClN2O4S. The van der Waals surface area contributed by atoms with Crippen LogP contribution < -0.4 is 14.8 Å². The standard InChI is InChI=1S/C24H25ClN2O4S/c1-3-31-22-15-14-20(16-21(22)25)32(29,30)27-17(2)24(28)26-23(18-10-6-4-7-11-18)19-12-8-5-9-13-19/h4-17,23,27H,3H2,1-2H3,(H,26,28)/t17-/m0/s1. The Morgan fingerprint density at radius 1 is 0.969 bits per heavy atom. The van der Waals surface area contributed by atoms with E-state index in [2.05, 4.69) is 10.0 Å². The Morgan fingerprint density at radius 2 is 1.53 bits per heavy atom. The van der Waals surface area contributed by atoms with Crippen LogP contribution in [-0.4, -0.2) is 27.0 Å². The molecule has 3 rings (SSSR count). The average Bonchev–Trinajstić information content (AvgIpc) is 2.79. The summed E-state index contributed by atoms with van der Waals surface area (Å²) in [5, 5.41) is 3.13. The van der Waals surface area contributed by atoms with Crippen molar-refractivity contribution in [3.8, 4) is 5.75 Å². The van der Waals surface area contributed by atoms with Crippen LogP contribution in [0, 0.1) is 0 Å². The minimum atomic E-state index is -3.97. The third kappa shape index (κ3) is 5.88. The number of sulfonamides is 1. The number of amides is 1. The third-order valence-electron chi connectivity index (χ3n) is 4.79. The average molecular weight is 473 g/mol. The van der Waals surface area contributed by atoms with Gasteiger partial charge in [-0.1, -0.05) is 72.3 Å². The summed E-state index contributed by atoms with van der Waals surface area (Å²) in [6.45, 7) is 3.71. The molecule has 0 saturated carbocycles. The molecule has 3 aromatic rings. The van der Waals surface area contributed by atoms with E-state index < -0.39 is 28.0 Å². The first-order valence-corrected chi connectivity index (χ1v) is 12.0. The van der Waals surface area contributed by atoms with E-state index in [4.69, 9.17) is 16.3 Å². The Hall–Kier alpha value is -2.87. The Bertz CT molecular complexity index is 1120. The molecule has 6 nitrogen and oxygen atoms in total. The molecule has 0 aliphatic heterocycles. The van der Waals surface area contributed by atoms with Gasteiger partial charge in [0, 0.05) is 0 Å². The number of rotatable bonds is 9. The number of carbonyl (C=O) groups is 1. The number of hydrogen-bond acceptors (Lipinski definition) is 4. The lowest BCUT2D eigenvalue weighted by atomic mass is 9.98. The van der Waals surface area contributed by atoms with Crippen molar-refractivity contribution in [3.05, 3.63) is 95.0 Å². The van der Waals surface area contributed by atoms with Crippen LogP contribution in [0.4, 0.5) is 0 Å². The molecule has 0 spiro atoms. The van der Waals surface area contributed by atoms with Crippen molar-refractivity contribution in [3.63, 3.8) is 0 Å². The smallest absolute Gasteiger partial charge is 0.241 e. The van der Waals surface area contributed by atoms with E-state index in [1.54, 1.807) is 6.92 Å². The molecule has 0 fully saturated rings. The van der Waals surface area contributed by atoms with Gasteiger partial charge in [0.1, 0.15) is 5.75 Å². The second kappa shape index (κ2) is 10.6. The van der Waals surface area contributed by atoms with Crippen molar-refractivity contribution in [2.75, 3.05) is 6.61 Å². The van der Waals surface area contributed by atoms with Crippen LogP contribution in [0.1, 0.15) is 31.0 Å². The fourth-order valence-corrected chi connectivity index (χ4v) is 4.72. The van der Waals surface area contributed by atoms with Crippen molar-refractivity contribution < 1.29 is 17.9 Å². The van der Waals surface area contributed by atoms with E-state index in [-0.39, 0.29) is 9.92 Å². The molecule has 8 heteroatoms. The van der Waals surface area contributed by atoms with Crippen LogP contribution >= 0.6 is 11.6 Å². The van der Waals surface area contributed by atoms with Gasteiger partial charge in [0.25, 0.3) is 0 Å². The molecule has 0 aliphatic carbocycles. The van der Waals surface area contributed by atoms with Crippen molar-refractivity contribution in [1.29, 1.82) is 0 Å². The van der Waals surface area contributed by atoms with Gasteiger partial charge in [0.2, 0.25) is 15.9 Å². The largest absolute Gasteiger partial charge is 0.492 e. The second-order valence-electron chi connectivity index (χ2n) is 7.13. The number of carbonyl (C=O) groups excluding carboxylic acids is 1. The number of halogens is 1. The molecule has 0 saturated heterocycles. The fraction of sp³-hybridized carbons (Fsp3) is 0.208. The molecule has 2 N–H and O–H groups in total. The molecule has 1 amide bonds. The lowest BCUT2D eigenvalue weighted by Gasteiger charge is -2.22. The van der Waals surface area contributed by atoms with Gasteiger partial charge in [-0.2, -0.15) is 4.72 Å². The lowest BCUT2D eigenvalue weighted by Crippen LogP contribution is -2.46. The molecule has 0 aliphatic rings. The first-order chi connectivity index (χ1) is 15.3. The summed E-state index contributed by atoms with van der Waals surface area (Å²) in [5.74, 6) is -0.0595. The van der Waals surface area contributed by atoms with E-state index in [1.165, 1.54) is 25.1 Å². The van der Waals surface area contributed by atoms with Crippen molar-refractivity contribution in [2.24, 2.45) is 0 Å².